The Morgan fingerprint density at radius 2 is 1.17 bits per heavy atom. The molecule has 35 heavy (non-hydrogen) atoms. The van der Waals surface area contributed by atoms with Gasteiger partial charge < -0.3 is 9.84 Å². The summed E-state index contributed by atoms with van der Waals surface area (Å²) < 4.78 is 12.2. The SMILES string of the molecule is CCC[CH2][Sn]([CH]=CCCCCCCCCCCCC(C)(C(=O)O)C(=O)OC)([CH2]CCC)[CH2]CCC. The molecule has 0 aliphatic rings. The molecule has 1 N–H and O–H groups in total. The molecule has 0 aromatic carbocycles. The van der Waals surface area contributed by atoms with E-state index in [0.717, 1.165) is 19.3 Å². The van der Waals surface area contributed by atoms with Crippen LogP contribution in [0.25, 0.3) is 0 Å². The van der Waals surface area contributed by atoms with Gasteiger partial charge in [-0.25, -0.2) is 0 Å². The number of unbranched alkanes of at least 4 members (excludes halogenated alkanes) is 12. The Morgan fingerprint density at radius 3 is 1.57 bits per heavy atom. The van der Waals surface area contributed by atoms with Gasteiger partial charge in [-0.2, -0.15) is 0 Å². The quantitative estimate of drug-likeness (QED) is 0.0518. The zero-order chi connectivity index (χ0) is 26.4. The molecule has 0 aliphatic heterocycles. The summed E-state index contributed by atoms with van der Waals surface area (Å²) in [6.07, 6.45) is 23.2. The Labute approximate surface area is 221 Å². The van der Waals surface area contributed by atoms with E-state index in [1.807, 2.05) is 0 Å². The van der Waals surface area contributed by atoms with Crippen molar-refractivity contribution in [3.05, 3.63) is 10.2 Å². The number of methoxy groups -OCH3 is 1. The minimum atomic E-state index is -2.07. The third-order valence-corrected chi connectivity index (χ3v) is 22.0. The third kappa shape index (κ3) is 15.4. The Morgan fingerprint density at radius 1 is 0.743 bits per heavy atom. The van der Waals surface area contributed by atoms with Crippen molar-refractivity contribution in [2.45, 2.75) is 150 Å². The number of carboxylic acid groups (broad SMARTS) is 1. The number of ether oxygens (including phenoxy) is 1. The van der Waals surface area contributed by atoms with E-state index in [4.69, 9.17) is 0 Å². The van der Waals surface area contributed by atoms with Crippen LogP contribution in [0.2, 0.25) is 13.3 Å². The molecule has 0 spiro atoms. The maximum absolute atomic E-state index is 11.8. The van der Waals surface area contributed by atoms with Gasteiger partial charge in [-0.3, -0.25) is 9.59 Å². The molecule has 0 rings (SSSR count). The van der Waals surface area contributed by atoms with Crippen LogP contribution in [0.1, 0.15) is 137 Å². The van der Waals surface area contributed by atoms with E-state index in [0.29, 0.717) is 6.42 Å². The van der Waals surface area contributed by atoms with Crippen molar-refractivity contribution in [3.8, 4) is 0 Å². The van der Waals surface area contributed by atoms with Gasteiger partial charge in [0.2, 0.25) is 0 Å². The van der Waals surface area contributed by atoms with E-state index >= 15 is 0 Å². The minimum absolute atomic E-state index is 0.351. The van der Waals surface area contributed by atoms with Crippen LogP contribution in [-0.2, 0) is 14.3 Å². The first-order chi connectivity index (χ1) is 16.8. The summed E-state index contributed by atoms with van der Waals surface area (Å²) in [5.41, 5.74) is -1.41. The first-order valence-corrected chi connectivity index (χ1v) is 22.5. The van der Waals surface area contributed by atoms with Crippen LogP contribution in [0.3, 0.4) is 0 Å². The molecular formula is C30H58O4Sn. The molecule has 0 bridgehead atoms. The van der Waals surface area contributed by atoms with Gasteiger partial charge in [-0.05, 0) is 13.3 Å². The zero-order valence-electron chi connectivity index (χ0n) is 24.0. The fourth-order valence-corrected chi connectivity index (χ4v) is 19.6. The molecule has 0 saturated carbocycles. The van der Waals surface area contributed by atoms with Gasteiger partial charge in [0.1, 0.15) is 0 Å². The van der Waals surface area contributed by atoms with Crippen LogP contribution in [0.15, 0.2) is 10.2 Å². The maximum atomic E-state index is 11.8. The van der Waals surface area contributed by atoms with Gasteiger partial charge in [-0.1, -0.05) is 0 Å². The zero-order valence-corrected chi connectivity index (χ0v) is 26.8. The molecule has 0 fully saturated rings. The Bertz CT molecular complexity index is 553. The van der Waals surface area contributed by atoms with Gasteiger partial charge in [0, 0.05) is 0 Å². The number of carbonyl (C=O) groups excluding carboxylic acids is 1. The number of hydrogen-bond acceptors (Lipinski definition) is 3. The molecule has 0 aromatic heterocycles. The topological polar surface area (TPSA) is 63.6 Å². The summed E-state index contributed by atoms with van der Waals surface area (Å²) in [7, 11) is 1.25. The monoisotopic (exact) mass is 602 g/mol. The molecular weight excluding hydrogens is 543 g/mol. The Kier molecular flexibility index (Phi) is 21.2. The second-order valence-electron chi connectivity index (χ2n) is 10.9. The molecule has 0 aliphatic carbocycles. The number of allylic oxidation sites excluding steroid dienone is 1. The van der Waals surface area contributed by atoms with Crippen molar-refractivity contribution in [2.24, 2.45) is 5.41 Å². The first-order valence-electron chi connectivity index (χ1n) is 14.8. The average molecular weight is 602 g/mol. The average Bonchev–Trinajstić information content (AvgIpc) is 2.86. The van der Waals surface area contributed by atoms with Crippen molar-refractivity contribution in [1.29, 1.82) is 0 Å². The van der Waals surface area contributed by atoms with Crippen LogP contribution in [0.4, 0.5) is 0 Å². The van der Waals surface area contributed by atoms with Gasteiger partial charge in [0.15, 0.2) is 5.41 Å². The van der Waals surface area contributed by atoms with E-state index in [-0.39, 0.29) is 0 Å². The number of esters is 1. The van der Waals surface area contributed by atoms with Crippen molar-refractivity contribution < 1.29 is 19.4 Å². The Balaban J connectivity index is 4.07. The van der Waals surface area contributed by atoms with Gasteiger partial charge >= 0.3 is 177 Å². The molecule has 4 nitrogen and oxygen atoms in total. The number of aliphatic carboxylic acids is 1. The molecule has 5 heteroatoms. The van der Waals surface area contributed by atoms with E-state index in [2.05, 4.69) is 35.7 Å². The van der Waals surface area contributed by atoms with Crippen molar-refractivity contribution in [2.75, 3.05) is 7.11 Å². The molecule has 1 unspecified atom stereocenters. The number of carbonyl (C=O) groups is 2. The third-order valence-electron chi connectivity index (χ3n) is 7.71. The van der Waals surface area contributed by atoms with Crippen LogP contribution in [-0.4, -0.2) is 42.5 Å². The predicted octanol–water partition coefficient (Wildman–Crippen LogP) is 9.49. The number of rotatable bonds is 24. The summed E-state index contributed by atoms with van der Waals surface area (Å²) in [6.45, 7) is 8.52. The first kappa shape index (κ1) is 34.5. The number of carboxylic acids is 1. The summed E-state index contributed by atoms with van der Waals surface area (Å²) >= 11 is -2.07. The number of hydrogen-bond donors (Lipinski definition) is 1. The van der Waals surface area contributed by atoms with Crippen LogP contribution in [0, 0.1) is 5.41 Å². The molecule has 0 aromatic rings. The van der Waals surface area contributed by atoms with Gasteiger partial charge in [-0.15, -0.1) is 0 Å². The van der Waals surface area contributed by atoms with Gasteiger partial charge in [0.05, 0.1) is 7.11 Å². The molecule has 206 valence electrons. The summed E-state index contributed by atoms with van der Waals surface area (Å²) in [5.74, 6) is -1.73. The van der Waals surface area contributed by atoms with Crippen molar-refractivity contribution in [3.63, 3.8) is 0 Å². The molecule has 0 saturated heterocycles. The van der Waals surface area contributed by atoms with E-state index in [1.165, 1.54) is 97.5 Å². The van der Waals surface area contributed by atoms with Crippen LogP contribution < -0.4 is 0 Å². The summed E-state index contributed by atoms with van der Waals surface area (Å²) in [4.78, 5) is 23.2. The predicted molar refractivity (Wildman–Crippen MR) is 153 cm³/mol. The summed E-state index contributed by atoms with van der Waals surface area (Å²) in [6, 6.07) is 0. The second kappa shape index (κ2) is 21.6. The standard InChI is InChI=1S/C18H31O4.3C4H9.Sn/c1-4-5-6-7-8-9-10-11-12-13-14-15-18(2,16(19)20)17(21)22-3;3*1-3-4-2;/h1,4H,5-15H2,2-3H3,(H,19,20);3*1,3-4H2,2H3;. The van der Waals surface area contributed by atoms with Crippen molar-refractivity contribution in [1.82, 2.24) is 0 Å². The molecule has 0 radical (unpaired) electrons. The summed E-state index contributed by atoms with van der Waals surface area (Å²) in [5, 5.41) is 9.35. The van der Waals surface area contributed by atoms with E-state index in [9.17, 15) is 14.7 Å². The van der Waals surface area contributed by atoms with E-state index < -0.39 is 35.7 Å². The van der Waals surface area contributed by atoms with Crippen LogP contribution in [0.5, 0.6) is 0 Å². The normalized spacial score (nSPS) is 13.7. The fraction of sp³-hybridized carbons (Fsp3) is 0.867. The van der Waals surface area contributed by atoms with E-state index in [1.54, 1.807) is 13.3 Å². The molecule has 1 atom stereocenters. The molecule has 0 heterocycles. The Hall–Kier alpha value is -0.521. The van der Waals surface area contributed by atoms with Gasteiger partial charge in [0.25, 0.3) is 0 Å². The fourth-order valence-electron chi connectivity index (χ4n) is 5.04. The second-order valence-corrected chi connectivity index (χ2v) is 23.9. The van der Waals surface area contributed by atoms with Crippen LogP contribution >= 0.6 is 0 Å². The van der Waals surface area contributed by atoms with Crippen molar-refractivity contribution >= 4 is 30.3 Å². The molecule has 0 amide bonds.